The molecule has 0 saturated carbocycles. The predicted octanol–water partition coefficient (Wildman–Crippen LogP) is 2.74. The Kier molecular flexibility index (Phi) is 6.57. The van der Waals surface area contributed by atoms with Gasteiger partial charge in [0.1, 0.15) is 0 Å². The van der Waals surface area contributed by atoms with E-state index in [1.54, 1.807) is 7.05 Å². The summed E-state index contributed by atoms with van der Waals surface area (Å²) >= 11 is 6.14. The molecule has 21 heavy (non-hydrogen) atoms. The molecule has 0 spiro atoms. The number of halogens is 1. The molecule has 1 aromatic carbocycles. The molecule has 0 radical (unpaired) electrons. The van der Waals surface area contributed by atoms with Gasteiger partial charge in [-0.25, -0.2) is 0 Å². The molecule has 4 nitrogen and oxygen atoms in total. The van der Waals surface area contributed by atoms with Gasteiger partial charge >= 0.3 is 0 Å². The highest BCUT2D eigenvalue weighted by Gasteiger charge is 2.05. The van der Waals surface area contributed by atoms with Gasteiger partial charge < -0.3 is 15.4 Å². The van der Waals surface area contributed by atoms with Crippen LogP contribution in [0.3, 0.4) is 0 Å². The van der Waals surface area contributed by atoms with Gasteiger partial charge in [0, 0.05) is 25.2 Å². The van der Waals surface area contributed by atoms with E-state index < -0.39 is 0 Å². The standard InChI is InChI=1S/C16H22ClN3O/c1-18-16(19-9-6-13-7-10-21-11-8-13)20-12-14-4-2-3-5-15(14)17/h2-5,7H,6,8-12H2,1H3,(H2,18,19,20). The fourth-order valence-electron chi connectivity index (χ4n) is 2.18. The highest BCUT2D eigenvalue weighted by molar-refractivity contribution is 6.31. The number of ether oxygens (including phenoxy) is 1. The second-order valence-corrected chi connectivity index (χ2v) is 5.29. The third-order valence-corrected chi connectivity index (χ3v) is 3.79. The van der Waals surface area contributed by atoms with Gasteiger partial charge in [0.05, 0.1) is 13.2 Å². The lowest BCUT2D eigenvalue weighted by atomic mass is 10.1. The van der Waals surface area contributed by atoms with E-state index >= 15 is 0 Å². The lowest BCUT2D eigenvalue weighted by Gasteiger charge is -2.15. The molecule has 1 aromatic rings. The van der Waals surface area contributed by atoms with Crippen LogP contribution in [0.5, 0.6) is 0 Å². The first-order chi connectivity index (χ1) is 10.3. The number of hydrogen-bond acceptors (Lipinski definition) is 2. The van der Waals surface area contributed by atoms with Gasteiger partial charge in [0.2, 0.25) is 0 Å². The molecule has 0 unspecified atom stereocenters. The summed E-state index contributed by atoms with van der Waals surface area (Å²) in [5.41, 5.74) is 2.52. The van der Waals surface area contributed by atoms with Gasteiger partial charge in [0.15, 0.2) is 5.96 Å². The van der Waals surface area contributed by atoms with Crippen molar-refractivity contribution in [2.45, 2.75) is 19.4 Å². The molecule has 1 heterocycles. The van der Waals surface area contributed by atoms with Crippen molar-refractivity contribution in [3.8, 4) is 0 Å². The molecule has 0 fully saturated rings. The van der Waals surface area contributed by atoms with E-state index in [9.17, 15) is 0 Å². The molecule has 5 heteroatoms. The van der Waals surface area contributed by atoms with Crippen molar-refractivity contribution < 1.29 is 4.74 Å². The Morgan fingerprint density at radius 2 is 2.19 bits per heavy atom. The van der Waals surface area contributed by atoms with Crippen LogP contribution >= 0.6 is 11.6 Å². The highest BCUT2D eigenvalue weighted by Crippen LogP contribution is 2.14. The number of nitrogens with zero attached hydrogens (tertiary/aromatic N) is 1. The molecule has 1 aliphatic rings. The summed E-state index contributed by atoms with van der Waals surface area (Å²) in [6.07, 6.45) is 4.23. The zero-order valence-electron chi connectivity index (χ0n) is 12.4. The van der Waals surface area contributed by atoms with E-state index in [1.165, 1.54) is 5.57 Å². The van der Waals surface area contributed by atoms with Crippen LogP contribution in [-0.2, 0) is 11.3 Å². The number of hydrogen-bond donors (Lipinski definition) is 2. The maximum atomic E-state index is 6.14. The minimum absolute atomic E-state index is 0.663. The lowest BCUT2D eigenvalue weighted by molar-refractivity contribution is 0.153. The van der Waals surface area contributed by atoms with Crippen molar-refractivity contribution >= 4 is 17.6 Å². The van der Waals surface area contributed by atoms with Gasteiger partial charge in [-0.1, -0.05) is 41.4 Å². The fourth-order valence-corrected chi connectivity index (χ4v) is 2.38. The second-order valence-electron chi connectivity index (χ2n) is 4.88. The topological polar surface area (TPSA) is 45.7 Å². The average molecular weight is 308 g/mol. The second kappa shape index (κ2) is 8.70. The Morgan fingerprint density at radius 3 is 2.90 bits per heavy atom. The molecule has 0 atom stereocenters. The van der Waals surface area contributed by atoms with E-state index in [0.29, 0.717) is 6.54 Å². The number of rotatable bonds is 5. The molecule has 114 valence electrons. The van der Waals surface area contributed by atoms with Crippen LogP contribution in [-0.4, -0.2) is 32.8 Å². The Morgan fingerprint density at radius 1 is 1.33 bits per heavy atom. The number of aliphatic imine (C=N–C) groups is 1. The third kappa shape index (κ3) is 5.40. The summed E-state index contributed by atoms with van der Waals surface area (Å²) in [5.74, 6) is 0.794. The van der Waals surface area contributed by atoms with Crippen LogP contribution in [0.25, 0.3) is 0 Å². The number of benzene rings is 1. The molecule has 0 saturated heterocycles. The Bertz CT molecular complexity index is 514. The zero-order chi connectivity index (χ0) is 14.9. The monoisotopic (exact) mass is 307 g/mol. The quantitative estimate of drug-likeness (QED) is 0.499. The first-order valence-electron chi connectivity index (χ1n) is 7.23. The van der Waals surface area contributed by atoms with Crippen molar-refractivity contribution in [1.29, 1.82) is 0 Å². The molecule has 2 N–H and O–H groups in total. The van der Waals surface area contributed by atoms with E-state index in [-0.39, 0.29) is 0 Å². The molecule has 0 bridgehead atoms. The number of guanidine groups is 1. The summed E-state index contributed by atoms with van der Waals surface area (Å²) in [5, 5.41) is 7.37. The lowest BCUT2D eigenvalue weighted by Crippen LogP contribution is -2.37. The maximum Gasteiger partial charge on any atom is 0.191 e. The molecular formula is C16H22ClN3O. The van der Waals surface area contributed by atoms with Crippen LogP contribution in [0.1, 0.15) is 18.4 Å². The van der Waals surface area contributed by atoms with E-state index in [0.717, 1.165) is 49.1 Å². The molecule has 0 amide bonds. The average Bonchev–Trinajstić information content (AvgIpc) is 2.53. The van der Waals surface area contributed by atoms with E-state index in [2.05, 4.69) is 21.7 Å². The third-order valence-electron chi connectivity index (χ3n) is 3.42. The Balaban J connectivity index is 1.73. The summed E-state index contributed by atoms with van der Waals surface area (Å²) in [6.45, 7) is 3.12. The smallest absolute Gasteiger partial charge is 0.191 e. The largest absolute Gasteiger partial charge is 0.377 e. The van der Waals surface area contributed by atoms with Gasteiger partial charge in [-0.3, -0.25) is 4.99 Å². The maximum absolute atomic E-state index is 6.14. The van der Waals surface area contributed by atoms with Crippen molar-refractivity contribution in [3.05, 3.63) is 46.5 Å². The van der Waals surface area contributed by atoms with Gasteiger partial charge in [-0.15, -0.1) is 0 Å². The summed E-state index contributed by atoms with van der Waals surface area (Å²) in [6, 6.07) is 7.82. The molecule has 0 aromatic heterocycles. The van der Waals surface area contributed by atoms with Crippen molar-refractivity contribution in [2.75, 3.05) is 26.8 Å². The van der Waals surface area contributed by atoms with Gasteiger partial charge in [-0.05, 0) is 24.5 Å². The number of nitrogens with one attached hydrogen (secondary N) is 2. The van der Waals surface area contributed by atoms with E-state index in [4.69, 9.17) is 16.3 Å². The molecule has 0 aliphatic carbocycles. The van der Waals surface area contributed by atoms with Crippen LogP contribution in [0.2, 0.25) is 5.02 Å². The molecular weight excluding hydrogens is 286 g/mol. The first-order valence-corrected chi connectivity index (χ1v) is 7.61. The summed E-state index contributed by atoms with van der Waals surface area (Å²) in [4.78, 5) is 4.22. The fraction of sp³-hybridized carbons (Fsp3) is 0.438. The highest BCUT2D eigenvalue weighted by atomic mass is 35.5. The van der Waals surface area contributed by atoms with Crippen molar-refractivity contribution in [3.63, 3.8) is 0 Å². The van der Waals surface area contributed by atoms with Gasteiger partial charge in [0.25, 0.3) is 0 Å². The summed E-state index contributed by atoms with van der Waals surface area (Å²) in [7, 11) is 1.77. The SMILES string of the molecule is CN=C(NCCC1=CCOCC1)NCc1ccccc1Cl. The predicted molar refractivity (Wildman–Crippen MR) is 87.8 cm³/mol. The van der Waals surface area contributed by atoms with Crippen molar-refractivity contribution in [2.24, 2.45) is 4.99 Å². The Hall–Kier alpha value is -1.52. The zero-order valence-corrected chi connectivity index (χ0v) is 13.1. The van der Waals surface area contributed by atoms with Crippen LogP contribution < -0.4 is 10.6 Å². The van der Waals surface area contributed by atoms with Crippen LogP contribution in [0.4, 0.5) is 0 Å². The normalized spacial score (nSPS) is 15.5. The molecule has 2 rings (SSSR count). The summed E-state index contributed by atoms with van der Waals surface area (Å²) < 4.78 is 5.30. The van der Waals surface area contributed by atoms with Crippen molar-refractivity contribution in [1.82, 2.24) is 10.6 Å². The van der Waals surface area contributed by atoms with Crippen LogP contribution in [0, 0.1) is 0 Å². The van der Waals surface area contributed by atoms with E-state index in [1.807, 2.05) is 24.3 Å². The Labute approximate surface area is 131 Å². The minimum Gasteiger partial charge on any atom is -0.377 e. The van der Waals surface area contributed by atoms with Gasteiger partial charge in [-0.2, -0.15) is 0 Å². The van der Waals surface area contributed by atoms with Crippen LogP contribution in [0.15, 0.2) is 40.9 Å². The molecule has 1 aliphatic heterocycles. The first kappa shape index (κ1) is 15.9. The minimum atomic E-state index is 0.663.